The van der Waals surface area contributed by atoms with E-state index < -0.39 is 17.4 Å². The van der Waals surface area contributed by atoms with Crippen LogP contribution in [0.1, 0.15) is 6.92 Å². The minimum atomic E-state index is -1.28. The smallest absolute Gasteiger partial charge is 0.315 e. The molecule has 20 heavy (non-hydrogen) atoms. The molecular formula is C11H14N2O6S. The molecule has 110 valence electrons. The predicted octanol–water partition coefficient (Wildman–Crippen LogP) is -0.462. The Morgan fingerprint density at radius 1 is 1.60 bits per heavy atom. The second-order valence-electron chi connectivity index (χ2n) is 4.62. The Balaban J connectivity index is 2.13. The number of carbonyl (C=O) groups excluding carboxylic acids is 2. The Kier molecular flexibility index (Phi) is 3.89. The molecule has 2 fully saturated rings. The number of carbonyl (C=O) groups is 3. The van der Waals surface area contributed by atoms with Crippen LogP contribution in [0, 0.1) is 5.41 Å². The Morgan fingerprint density at radius 3 is 2.85 bits per heavy atom. The average Bonchev–Trinajstić information content (AvgIpc) is 2.41. The molecule has 0 spiro atoms. The topological polar surface area (TPSA) is 105 Å². The largest absolute Gasteiger partial charge is 0.481 e. The molecule has 2 saturated heterocycles. The summed E-state index contributed by atoms with van der Waals surface area (Å²) in [5.41, 5.74) is -0.995. The number of hydrogen-bond donors (Lipinski definition) is 1. The normalized spacial score (nSPS) is 30.5. The van der Waals surface area contributed by atoms with Gasteiger partial charge in [-0.05, 0) is 0 Å². The number of amides is 1. The number of esters is 1. The number of fused-ring (bicyclic) bond motifs is 1. The van der Waals surface area contributed by atoms with Gasteiger partial charge in [-0.3, -0.25) is 14.4 Å². The van der Waals surface area contributed by atoms with E-state index in [1.807, 2.05) is 0 Å². The lowest BCUT2D eigenvalue weighted by Gasteiger charge is -2.49. The maximum Gasteiger partial charge on any atom is 0.315 e. The van der Waals surface area contributed by atoms with Gasteiger partial charge in [0.25, 0.3) is 5.91 Å². The van der Waals surface area contributed by atoms with Crippen molar-refractivity contribution in [2.45, 2.75) is 12.3 Å². The third-order valence-corrected chi connectivity index (χ3v) is 4.70. The van der Waals surface area contributed by atoms with Crippen LogP contribution in [0.4, 0.5) is 0 Å². The van der Waals surface area contributed by atoms with E-state index in [0.717, 1.165) is 0 Å². The van der Waals surface area contributed by atoms with E-state index in [-0.39, 0.29) is 35.9 Å². The van der Waals surface area contributed by atoms with E-state index >= 15 is 0 Å². The summed E-state index contributed by atoms with van der Waals surface area (Å²) in [5, 5.41) is 12.7. The summed E-state index contributed by atoms with van der Waals surface area (Å²) in [7, 11) is 1.35. The van der Waals surface area contributed by atoms with Crippen molar-refractivity contribution in [3.63, 3.8) is 0 Å². The Hall–Kier alpha value is -1.77. The highest BCUT2D eigenvalue weighted by atomic mass is 32.2. The van der Waals surface area contributed by atoms with Gasteiger partial charge >= 0.3 is 11.9 Å². The molecule has 1 N–H and O–H groups in total. The number of aliphatic carboxylic acids is 1. The summed E-state index contributed by atoms with van der Waals surface area (Å²) in [4.78, 5) is 40.2. The molecule has 0 aromatic rings. The minimum Gasteiger partial charge on any atom is -0.481 e. The molecular weight excluding hydrogens is 288 g/mol. The number of oxime groups is 1. The number of ether oxygens (including phenoxy) is 1. The molecule has 9 heteroatoms. The van der Waals surface area contributed by atoms with Gasteiger partial charge < -0.3 is 19.6 Å². The SMILES string of the molecule is CON=C1C(=O)N2CC(COC(C)=O)(C(=O)O)CS[C@H]12. The molecule has 0 aromatic heterocycles. The molecule has 2 aliphatic rings. The Labute approximate surface area is 119 Å². The standard InChI is InChI=1S/C11H14N2O6S/c1-6(14)19-4-11(10(16)17)3-13-8(15)7(12-18-2)9(13)20-5-11/h9H,3-5H2,1-2H3,(H,16,17)/t9-,11?/m1/s1. The fourth-order valence-corrected chi connectivity index (χ4v) is 3.50. The van der Waals surface area contributed by atoms with Crippen LogP contribution in [-0.2, 0) is 24.0 Å². The van der Waals surface area contributed by atoms with Gasteiger partial charge in [0.15, 0.2) is 5.71 Å². The number of nitrogens with zero attached hydrogens (tertiary/aromatic N) is 2. The summed E-state index contributed by atoms with van der Waals surface area (Å²) < 4.78 is 4.84. The molecule has 0 aliphatic carbocycles. The Morgan fingerprint density at radius 2 is 2.30 bits per heavy atom. The summed E-state index contributed by atoms with van der Waals surface area (Å²) in [6.45, 7) is 0.958. The molecule has 2 rings (SSSR count). The van der Waals surface area contributed by atoms with E-state index in [1.165, 1.54) is 30.7 Å². The molecule has 1 amide bonds. The molecule has 0 bridgehead atoms. The van der Waals surface area contributed by atoms with Crippen LogP contribution in [-0.4, -0.2) is 65.0 Å². The monoisotopic (exact) mass is 302 g/mol. The Bertz CT molecular complexity index is 493. The van der Waals surface area contributed by atoms with Gasteiger partial charge in [0, 0.05) is 19.2 Å². The van der Waals surface area contributed by atoms with Gasteiger partial charge in [-0.15, -0.1) is 11.8 Å². The highest BCUT2D eigenvalue weighted by Gasteiger charge is 2.56. The molecule has 0 aromatic carbocycles. The number of thioether (sulfide) groups is 1. The molecule has 2 aliphatic heterocycles. The van der Waals surface area contributed by atoms with Crippen molar-refractivity contribution >= 4 is 35.3 Å². The van der Waals surface area contributed by atoms with E-state index in [0.29, 0.717) is 0 Å². The van der Waals surface area contributed by atoms with E-state index in [9.17, 15) is 19.5 Å². The maximum atomic E-state index is 11.8. The maximum absolute atomic E-state index is 11.8. The molecule has 8 nitrogen and oxygen atoms in total. The number of β-lactam (4-membered cyclic amide) rings is 1. The summed E-state index contributed by atoms with van der Waals surface area (Å²) in [5.74, 6) is -1.76. The van der Waals surface area contributed by atoms with Crippen molar-refractivity contribution in [2.75, 3.05) is 26.0 Å². The highest BCUT2D eigenvalue weighted by Crippen LogP contribution is 2.41. The summed E-state index contributed by atoms with van der Waals surface area (Å²) >= 11 is 1.27. The van der Waals surface area contributed by atoms with Crippen LogP contribution in [0.5, 0.6) is 0 Å². The van der Waals surface area contributed by atoms with Crippen LogP contribution in [0.3, 0.4) is 0 Å². The van der Waals surface area contributed by atoms with Crippen LogP contribution < -0.4 is 0 Å². The van der Waals surface area contributed by atoms with Gasteiger partial charge in [-0.25, -0.2) is 0 Å². The van der Waals surface area contributed by atoms with Crippen molar-refractivity contribution in [1.82, 2.24) is 4.90 Å². The molecule has 0 saturated carbocycles. The molecule has 2 atom stereocenters. The average molecular weight is 302 g/mol. The fourth-order valence-electron chi connectivity index (χ4n) is 2.08. The van der Waals surface area contributed by atoms with Crippen LogP contribution in [0.2, 0.25) is 0 Å². The number of rotatable bonds is 4. The highest BCUT2D eigenvalue weighted by molar-refractivity contribution is 8.01. The van der Waals surface area contributed by atoms with Crippen molar-refractivity contribution in [2.24, 2.45) is 10.6 Å². The van der Waals surface area contributed by atoms with Crippen LogP contribution in [0.15, 0.2) is 5.16 Å². The van der Waals surface area contributed by atoms with Gasteiger partial charge in [0.2, 0.25) is 0 Å². The first-order valence-corrected chi connectivity index (χ1v) is 6.86. The van der Waals surface area contributed by atoms with Crippen LogP contribution >= 0.6 is 11.8 Å². The van der Waals surface area contributed by atoms with Gasteiger partial charge in [0.1, 0.15) is 24.5 Å². The van der Waals surface area contributed by atoms with Crippen LogP contribution in [0.25, 0.3) is 0 Å². The number of carboxylic acids is 1. The van der Waals surface area contributed by atoms with Gasteiger partial charge in [-0.1, -0.05) is 5.16 Å². The van der Waals surface area contributed by atoms with Gasteiger partial charge in [-0.2, -0.15) is 0 Å². The molecule has 0 radical (unpaired) electrons. The second-order valence-corrected chi connectivity index (χ2v) is 5.69. The first kappa shape index (κ1) is 14.6. The summed E-state index contributed by atoms with van der Waals surface area (Å²) in [6.07, 6.45) is 0. The van der Waals surface area contributed by atoms with E-state index in [4.69, 9.17) is 4.74 Å². The zero-order chi connectivity index (χ0) is 14.9. The lowest BCUT2D eigenvalue weighted by atomic mass is 9.88. The molecule has 1 unspecified atom stereocenters. The fraction of sp³-hybridized carbons (Fsp3) is 0.636. The first-order chi connectivity index (χ1) is 9.41. The van der Waals surface area contributed by atoms with E-state index in [2.05, 4.69) is 9.99 Å². The lowest BCUT2D eigenvalue weighted by molar-refractivity contribution is -0.159. The number of hydrogen-bond acceptors (Lipinski definition) is 7. The number of carboxylic acid groups (broad SMARTS) is 1. The van der Waals surface area contributed by atoms with Gasteiger partial charge in [0.05, 0.1) is 0 Å². The quantitative estimate of drug-likeness (QED) is 0.425. The zero-order valence-electron chi connectivity index (χ0n) is 11.0. The van der Waals surface area contributed by atoms with Crippen molar-refractivity contribution < 1.29 is 29.1 Å². The third-order valence-electron chi connectivity index (χ3n) is 3.18. The zero-order valence-corrected chi connectivity index (χ0v) is 11.8. The van der Waals surface area contributed by atoms with Crippen molar-refractivity contribution in [1.29, 1.82) is 0 Å². The lowest BCUT2D eigenvalue weighted by Crippen LogP contribution is -2.68. The minimum absolute atomic E-state index is 0.00511. The van der Waals surface area contributed by atoms with E-state index in [1.54, 1.807) is 0 Å². The predicted molar refractivity (Wildman–Crippen MR) is 69.1 cm³/mol. The third kappa shape index (κ3) is 2.33. The molecule has 2 heterocycles. The first-order valence-electron chi connectivity index (χ1n) is 5.81. The van der Waals surface area contributed by atoms with Crippen molar-refractivity contribution in [3.05, 3.63) is 0 Å². The summed E-state index contributed by atoms with van der Waals surface area (Å²) in [6, 6.07) is 0. The second kappa shape index (κ2) is 5.31. The van der Waals surface area contributed by atoms with Crippen molar-refractivity contribution in [3.8, 4) is 0 Å².